The molecule has 2 heterocycles. The summed E-state index contributed by atoms with van der Waals surface area (Å²) in [6, 6.07) is 18.7. The predicted octanol–water partition coefficient (Wildman–Crippen LogP) is 7.37. The third-order valence-corrected chi connectivity index (χ3v) is 6.72. The maximum Gasteiger partial charge on any atom is 0.150 e. The number of aromatic nitrogens is 3. The second-order valence-electron chi connectivity index (χ2n) is 9.93. The van der Waals surface area contributed by atoms with Crippen LogP contribution in [-0.2, 0) is 0 Å². The molecule has 5 heteroatoms. The van der Waals surface area contributed by atoms with Gasteiger partial charge in [-0.05, 0) is 54.4 Å². The van der Waals surface area contributed by atoms with E-state index in [0.29, 0.717) is 22.4 Å². The summed E-state index contributed by atoms with van der Waals surface area (Å²) in [5.74, 6) is 1.60. The maximum absolute atomic E-state index is 6.31. The van der Waals surface area contributed by atoms with Crippen molar-refractivity contribution in [2.75, 3.05) is 5.32 Å². The Morgan fingerprint density at radius 1 is 1.03 bits per heavy atom. The van der Waals surface area contributed by atoms with Crippen molar-refractivity contribution in [2.45, 2.75) is 46.1 Å². The van der Waals surface area contributed by atoms with Gasteiger partial charge in [-0.3, -0.25) is 0 Å². The first kappa shape index (κ1) is 21.0. The average Bonchev–Trinajstić information content (AvgIpc) is 3.14. The second-order valence-corrected chi connectivity index (χ2v) is 10.4. The molecule has 0 saturated heterocycles. The molecule has 5 rings (SSSR count). The standard InChI is InChI=1S/C27H29ClN4/c1-18-12-21(15-27(2,3)14-18)31-25-24-23(19-8-5-4-6-9-19)16-32(26(24)30-17-29-25)22-11-7-10-20(28)13-22/h4-11,13,16-18,21H,12,14-15H2,1-3H3,(H,29,30,31)/t18-,21+/m0/s1. The molecule has 1 aliphatic rings. The minimum absolute atomic E-state index is 0.330. The monoisotopic (exact) mass is 444 g/mol. The molecule has 1 N–H and O–H groups in total. The van der Waals surface area contributed by atoms with Gasteiger partial charge in [0.15, 0.2) is 5.65 Å². The molecule has 0 unspecified atom stereocenters. The number of halogens is 1. The van der Waals surface area contributed by atoms with Crippen LogP contribution in [0.15, 0.2) is 67.1 Å². The Balaban J connectivity index is 1.66. The van der Waals surface area contributed by atoms with Gasteiger partial charge in [0.05, 0.1) is 5.39 Å². The second kappa shape index (κ2) is 8.25. The van der Waals surface area contributed by atoms with Crippen LogP contribution in [0.2, 0.25) is 5.02 Å². The van der Waals surface area contributed by atoms with Gasteiger partial charge in [-0.25, -0.2) is 9.97 Å². The molecule has 32 heavy (non-hydrogen) atoms. The van der Waals surface area contributed by atoms with Crippen molar-refractivity contribution in [2.24, 2.45) is 11.3 Å². The normalized spacial score (nSPS) is 20.4. The Kier molecular flexibility index (Phi) is 5.42. The van der Waals surface area contributed by atoms with E-state index in [0.717, 1.165) is 46.5 Å². The molecule has 1 fully saturated rings. The van der Waals surface area contributed by atoms with Crippen molar-refractivity contribution in [3.05, 3.63) is 72.1 Å². The van der Waals surface area contributed by atoms with E-state index >= 15 is 0 Å². The van der Waals surface area contributed by atoms with E-state index in [1.54, 1.807) is 6.33 Å². The van der Waals surface area contributed by atoms with Gasteiger partial charge in [-0.1, -0.05) is 68.8 Å². The molecule has 1 aliphatic carbocycles. The van der Waals surface area contributed by atoms with Gasteiger partial charge in [0, 0.05) is 28.5 Å². The summed E-state index contributed by atoms with van der Waals surface area (Å²) in [5.41, 5.74) is 4.46. The van der Waals surface area contributed by atoms with Crippen LogP contribution in [0.1, 0.15) is 40.0 Å². The summed E-state index contributed by atoms with van der Waals surface area (Å²) in [4.78, 5) is 9.42. The lowest BCUT2D eigenvalue weighted by Gasteiger charge is -2.39. The number of hydrogen-bond acceptors (Lipinski definition) is 3. The number of rotatable bonds is 4. The van der Waals surface area contributed by atoms with Crippen LogP contribution in [0.5, 0.6) is 0 Å². The topological polar surface area (TPSA) is 42.7 Å². The number of nitrogens with zero attached hydrogens (tertiary/aromatic N) is 3. The summed E-state index contributed by atoms with van der Waals surface area (Å²) in [6.45, 7) is 7.10. The summed E-state index contributed by atoms with van der Waals surface area (Å²) >= 11 is 6.31. The molecule has 2 aromatic heterocycles. The molecule has 2 aromatic carbocycles. The van der Waals surface area contributed by atoms with E-state index in [9.17, 15) is 0 Å². The predicted molar refractivity (Wildman–Crippen MR) is 134 cm³/mol. The number of nitrogens with one attached hydrogen (secondary N) is 1. The van der Waals surface area contributed by atoms with Gasteiger partial charge in [-0.2, -0.15) is 0 Å². The zero-order chi connectivity index (χ0) is 22.3. The Labute approximate surface area is 194 Å². The minimum atomic E-state index is 0.330. The highest BCUT2D eigenvalue weighted by Crippen LogP contribution is 2.41. The molecule has 0 aliphatic heterocycles. The lowest BCUT2D eigenvalue weighted by Crippen LogP contribution is -2.35. The molecule has 164 valence electrons. The smallest absolute Gasteiger partial charge is 0.150 e. The number of benzene rings is 2. The van der Waals surface area contributed by atoms with Crippen molar-refractivity contribution >= 4 is 28.5 Å². The average molecular weight is 445 g/mol. The van der Waals surface area contributed by atoms with E-state index in [1.165, 1.54) is 6.42 Å². The van der Waals surface area contributed by atoms with Crippen molar-refractivity contribution in [3.8, 4) is 16.8 Å². The van der Waals surface area contributed by atoms with Gasteiger partial charge in [0.2, 0.25) is 0 Å². The van der Waals surface area contributed by atoms with E-state index in [-0.39, 0.29) is 0 Å². The molecular weight excluding hydrogens is 416 g/mol. The molecule has 0 spiro atoms. The first-order valence-electron chi connectivity index (χ1n) is 11.3. The third kappa shape index (κ3) is 4.12. The number of anilines is 1. The minimum Gasteiger partial charge on any atom is -0.367 e. The Morgan fingerprint density at radius 3 is 2.59 bits per heavy atom. The molecular formula is C27H29ClN4. The van der Waals surface area contributed by atoms with Gasteiger partial charge < -0.3 is 9.88 Å². The number of fused-ring (bicyclic) bond motifs is 1. The molecule has 0 amide bonds. The van der Waals surface area contributed by atoms with Crippen molar-refractivity contribution < 1.29 is 0 Å². The van der Waals surface area contributed by atoms with Gasteiger partial charge in [0.1, 0.15) is 12.1 Å². The first-order chi connectivity index (χ1) is 15.4. The van der Waals surface area contributed by atoms with Crippen LogP contribution < -0.4 is 5.32 Å². The number of hydrogen-bond donors (Lipinski definition) is 1. The van der Waals surface area contributed by atoms with Crippen LogP contribution in [0.4, 0.5) is 5.82 Å². The Hall–Kier alpha value is -2.85. The third-order valence-electron chi connectivity index (χ3n) is 6.48. The van der Waals surface area contributed by atoms with Crippen molar-refractivity contribution in [1.29, 1.82) is 0 Å². The summed E-state index contributed by atoms with van der Waals surface area (Å²) in [7, 11) is 0. The Bertz CT molecular complexity index is 1250. The molecule has 1 saturated carbocycles. The fourth-order valence-corrected chi connectivity index (χ4v) is 5.66. The lowest BCUT2D eigenvalue weighted by molar-refractivity contribution is 0.178. The van der Waals surface area contributed by atoms with E-state index in [2.05, 4.69) is 67.2 Å². The highest BCUT2D eigenvalue weighted by molar-refractivity contribution is 6.30. The zero-order valence-electron chi connectivity index (χ0n) is 18.8. The van der Waals surface area contributed by atoms with Gasteiger partial charge in [-0.15, -0.1) is 0 Å². The van der Waals surface area contributed by atoms with Crippen molar-refractivity contribution in [1.82, 2.24) is 14.5 Å². The quantitative estimate of drug-likeness (QED) is 0.357. The molecule has 0 bridgehead atoms. The molecule has 4 nitrogen and oxygen atoms in total. The molecule has 0 radical (unpaired) electrons. The molecule has 2 atom stereocenters. The van der Waals surface area contributed by atoms with Gasteiger partial charge >= 0.3 is 0 Å². The van der Waals surface area contributed by atoms with Crippen LogP contribution in [0.25, 0.3) is 27.8 Å². The fraction of sp³-hybridized carbons (Fsp3) is 0.333. The SMILES string of the molecule is C[C@H]1C[C@@H](Nc2ncnc3c2c(-c2ccccc2)cn3-c2cccc(Cl)c2)CC(C)(C)C1. The van der Waals surface area contributed by atoms with Crippen molar-refractivity contribution in [3.63, 3.8) is 0 Å². The van der Waals surface area contributed by atoms with E-state index < -0.39 is 0 Å². The lowest BCUT2D eigenvalue weighted by atomic mass is 9.70. The van der Waals surface area contributed by atoms with Gasteiger partial charge in [0.25, 0.3) is 0 Å². The molecule has 4 aromatic rings. The zero-order valence-corrected chi connectivity index (χ0v) is 19.6. The summed E-state index contributed by atoms with van der Waals surface area (Å²) < 4.78 is 2.11. The maximum atomic E-state index is 6.31. The highest BCUT2D eigenvalue weighted by Gasteiger charge is 2.32. The van der Waals surface area contributed by atoms with E-state index in [4.69, 9.17) is 21.6 Å². The van der Waals surface area contributed by atoms with Crippen LogP contribution in [0.3, 0.4) is 0 Å². The summed E-state index contributed by atoms with van der Waals surface area (Å²) in [5, 5.41) is 5.56. The summed E-state index contributed by atoms with van der Waals surface area (Å²) in [6.07, 6.45) is 7.38. The largest absolute Gasteiger partial charge is 0.367 e. The van der Waals surface area contributed by atoms with Crippen LogP contribution >= 0.6 is 11.6 Å². The fourth-order valence-electron chi connectivity index (χ4n) is 5.48. The van der Waals surface area contributed by atoms with E-state index in [1.807, 2.05) is 24.3 Å². The van der Waals surface area contributed by atoms with Crippen LogP contribution in [0, 0.1) is 11.3 Å². The first-order valence-corrected chi connectivity index (χ1v) is 11.7. The highest BCUT2D eigenvalue weighted by atomic mass is 35.5. The van der Waals surface area contributed by atoms with Crippen LogP contribution in [-0.4, -0.2) is 20.6 Å². The Morgan fingerprint density at radius 2 is 1.84 bits per heavy atom.